The Bertz CT molecular complexity index is 359. The summed E-state index contributed by atoms with van der Waals surface area (Å²) in [5, 5.41) is 10.3. The zero-order chi connectivity index (χ0) is 11.5. The van der Waals surface area contributed by atoms with E-state index in [1.165, 1.54) is 5.56 Å². The van der Waals surface area contributed by atoms with Crippen LogP contribution < -0.4 is 0 Å². The Balaban J connectivity index is 2.12. The number of hydrogen-bond donors (Lipinski definition) is 1. The van der Waals surface area contributed by atoms with Gasteiger partial charge in [0, 0.05) is 17.0 Å². The van der Waals surface area contributed by atoms with Gasteiger partial charge in [0.15, 0.2) is 0 Å². The maximum Gasteiger partial charge on any atom is 0.0840 e. The minimum absolute atomic E-state index is 0.239. The number of halogens is 1. The summed E-state index contributed by atoms with van der Waals surface area (Å²) in [6.45, 7) is 3.55. The average Bonchev–Trinajstić information content (AvgIpc) is 2.33. The van der Waals surface area contributed by atoms with E-state index in [0.29, 0.717) is 6.61 Å². The van der Waals surface area contributed by atoms with Gasteiger partial charge in [-0.2, -0.15) is 0 Å². The third kappa shape index (κ3) is 2.65. The number of aryl methyl sites for hydroxylation is 1. The molecule has 2 nitrogen and oxygen atoms in total. The van der Waals surface area contributed by atoms with Gasteiger partial charge in [0.2, 0.25) is 0 Å². The molecule has 0 saturated carbocycles. The highest BCUT2D eigenvalue weighted by Crippen LogP contribution is 2.30. The first-order chi connectivity index (χ1) is 7.68. The van der Waals surface area contributed by atoms with Crippen molar-refractivity contribution < 1.29 is 9.84 Å². The Morgan fingerprint density at radius 1 is 1.50 bits per heavy atom. The number of ether oxygens (including phenoxy) is 1. The van der Waals surface area contributed by atoms with Crippen LogP contribution in [0.3, 0.4) is 0 Å². The molecule has 2 unspecified atom stereocenters. The van der Waals surface area contributed by atoms with E-state index in [1.54, 1.807) is 0 Å². The van der Waals surface area contributed by atoms with Crippen molar-refractivity contribution in [1.29, 1.82) is 0 Å². The van der Waals surface area contributed by atoms with Crippen LogP contribution in [0.4, 0.5) is 0 Å². The van der Waals surface area contributed by atoms with Crippen molar-refractivity contribution in [3.05, 3.63) is 33.8 Å². The summed E-state index contributed by atoms with van der Waals surface area (Å²) in [5.74, 6) is 0.239. The van der Waals surface area contributed by atoms with Crippen LogP contribution in [0.5, 0.6) is 0 Å². The molecule has 1 heterocycles. The topological polar surface area (TPSA) is 29.5 Å². The highest BCUT2D eigenvalue weighted by Gasteiger charge is 2.23. The monoisotopic (exact) mass is 284 g/mol. The molecule has 1 aromatic carbocycles. The predicted octanol–water partition coefficient (Wildman–Crippen LogP) is 3.22. The lowest BCUT2D eigenvalue weighted by Gasteiger charge is -2.27. The van der Waals surface area contributed by atoms with Gasteiger partial charge in [0.05, 0.1) is 12.7 Å². The molecule has 0 bridgehead atoms. The van der Waals surface area contributed by atoms with E-state index < -0.39 is 6.10 Å². The standard InChI is InChI=1S/C13H17BrO2/c1-9-4-5-10(7-12(9)14)13(15)11-3-2-6-16-8-11/h4-5,7,11,13,15H,2-3,6,8H2,1H3. The fourth-order valence-corrected chi connectivity index (χ4v) is 2.48. The van der Waals surface area contributed by atoms with Crippen LogP contribution in [0, 0.1) is 12.8 Å². The molecule has 0 amide bonds. The van der Waals surface area contributed by atoms with Gasteiger partial charge in [-0.1, -0.05) is 28.1 Å². The van der Waals surface area contributed by atoms with Crippen molar-refractivity contribution >= 4 is 15.9 Å². The molecule has 1 saturated heterocycles. The van der Waals surface area contributed by atoms with Gasteiger partial charge < -0.3 is 9.84 Å². The van der Waals surface area contributed by atoms with Crippen molar-refractivity contribution in [2.75, 3.05) is 13.2 Å². The summed E-state index contributed by atoms with van der Waals surface area (Å²) >= 11 is 3.50. The SMILES string of the molecule is Cc1ccc(C(O)C2CCCOC2)cc1Br. The zero-order valence-corrected chi connectivity index (χ0v) is 11.0. The lowest BCUT2D eigenvalue weighted by Crippen LogP contribution is -2.23. The summed E-state index contributed by atoms with van der Waals surface area (Å²) in [7, 11) is 0. The normalized spacial score (nSPS) is 23.1. The lowest BCUT2D eigenvalue weighted by atomic mass is 9.91. The van der Waals surface area contributed by atoms with Crippen molar-refractivity contribution in [1.82, 2.24) is 0 Å². The summed E-state index contributed by atoms with van der Waals surface area (Å²) in [6.07, 6.45) is 1.69. The number of benzene rings is 1. The molecular weight excluding hydrogens is 268 g/mol. The quantitative estimate of drug-likeness (QED) is 0.904. The molecule has 0 aromatic heterocycles. The Kier molecular flexibility index (Phi) is 4.00. The molecule has 2 atom stereocenters. The number of hydrogen-bond acceptors (Lipinski definition) is 2. The van der Waals surface area contributed by atoms with Crippen LogP contribution in [0.2, 0.25) is 0 Å². The first-order valence-electron chi connectivity index (χ1n) is 5.70. The first kappa shape index (κ1) is 12.1. The average molecular weight is 285 g/mol. The largest absolute Gasteiger partial charge is 0.388 e. The smallest absolute Gasteiger partial charge is 0.0840 e. The fourth-order valence-electron chi connectivity index (χ4n) is 2.08. The van der Waals surface area contributed by atoms with E-state index in [2.05, 4.69) is 15.9 Å². The Labute approximate surface area is 105 Å². The van der Waals surface area contributed by atoms with E-state index in [-0.39, 0.29) is 5.92 Å². The van der Waals surface area contributed by atoms with Crippen LogP contribution >= 0.6 is 15.9 Å². The van der Waals surface area contributed by atoms with E-state index in [9.17, 15) is 5.11 Å². The third-order valence-corrected chi connectivity index (χ3v) is 4.03. The second kappa shape index (κ2) is 5.30. The van der Waals surface area contributed by atoms with Crippen molar-refractivity contribution in [2.45, 2.75) is 25.9 Å². The van der Waals surface area contributed by atoms with Crippen LogP contribution in [0.15, 0.2) is 22.7 Å². The lowest BCUT2D eigenvalue weighted by molar-refractivity contribution is -0.00998. The van der Waals surface area contributed by atoms with E-state index in [0.717, 1.165) is 29.5 Å². The molecule has 16 heavy (non-hydrogen) atoms. The van der Waals surface area contributed by atoms with Gasteiger partial charge in [-0.05, 0) is 37.0 Å². The molecule has 1 aromatic rings. The van der Waals surface area contributed by atoms with Crippen molar-refractivity contribution in [3.8, 4) is 0 Å². The molecule has 1 aliphatic rings. The van der Waals surface area contributed by atoms with Gasteiger partial charge in [0.1, 0.15) is 0 Å². The van der Waals surface area contributed by atoms with Gasteiger partial charge in [-0.25, -0.2) is 0 Å². The summed E-state index contributed by atoms with van der Waals surface area (Å²) in [5.41, 5.74) is 2.17. The van der Waals surface area contributed by atoms with Crippen LogP contribution in [0.25, 0.3) is 0 Å². The maximum absolute atomic E-state index is 10.3. The minimum Gasteiger partial charge on any atom is -0.388 e. The van der Waals surface area contributed by atoms with Crippen molar-refractivity contribution in [3.63, 3.8) is 0 Å². The Morgan fingerprint density at radius 2 is 2.31 bits per heavy atom. The van der Waals surface area contributed by atoms with E-state index in [1.807, 2.05) is 25.1 Å². The molecule has 1 aliphatic heterocycles. The molecule has 0 aliphatic carbocycles. The summed E-state index contributed by atoms with van der Waals surface area (Å²) < 4.78 is 6.46. The number of rotatable bonds is 2. The maximum atomic E-state index is 10.3. The molecule has 2 rings (SSSR count). The van der Waals surface area contributed by atoms with Crippen LogP contribution in [-0.4, -0.2) is 18.3 Å². The minimum atomic E-state index is -0.405. The first-order valence-corrected chi connectivity index (χ1v) is 6.49. The molecule has 0 radical (unpaired) electrons. The second-order valence-electron chi connectivity index (χ2n) is 4.43. The van der Waals surface area contributed by atoms with Crippen molar-refractivity contribution in [2.24, 2.45) is 5.92 Å². The second-order valence-corrected chi connectivity index (χ2v) is 5.29. The van der Waals surface area contributed by atoms with E-state index in [4.69, 9.17) is 4.74 Å². The fraction of sp³-hybridized carbons (Fsp3) is 0.538. The highest BCUT2D eigenvalue weighted by molar-refractivity contribution is 9.10. The molecule has 1 N–H and O–H groups in total. The van der Waals surface area contributed by atoms with Gasteiger partial charge in [-0.3, -0.25) is 0 Å². The van der Waals surface area contributed by atoms with E-state index >= 15 is 0 Å². The zero-order valence-electron chi connectivity index (χ0n) is 9.45. The highest BCUT2D eigenvalue weighted by atomic mass is 79.9. The predicted molar refractivity (Wildman–Crippen MR) is 67.4 cm³/mol. The van der Waals surface area contributed by atoms with Crippen LogP contribution in [0.1, 0.15) is 30.1 Å². The molecule has 88 valence electrons. The summed E-state index contributed by atoms with van der Waals surface area (Å²) in [6, 6.07) is 6.04. The molecule has 3 heteroatoms. The molecule has 0 spiro atoms. The number of aliphatic hydroxyl groups is 1. The Hall–Kier alpha value is -0.380. The molecule has 1 fully saturated rings. The van der Waals surface area contributed by atoms with Gasteiger partial charge in [0.25, 0.3) is 0 Å². The Morgan fingerprint density at radius 3 is 2.94 bits per heavy atom. The van der Waals surface area contributed by atoms with Gasteiger partial charge >= 0.3 is 0 Å². The van der Waals surface area contributed by atoms with Crippen LogP contribution in [-0.2, 0) is 4.74 Å². The molecular formula is C13H17BrO2. The third-order valence-electron chi connectivity index (χ3n) is 3.18. The van der Waals surface area contributed by atoms with Gasteiger partial charge in [-0.15, -0.1) is 0 Å². The number of aliphatic hydroxyl groups excluding tert-OH is 1. The summed E-state index contributed by atoms with van der Waals surface area (Å²) in [4.78, 5) is 0.